The third-order valence-electron chi connectivity index (χ3n) is 1.31. The van der Waals surface area contributed by atoms with E-state index in [0.717, 1.165) is 0 Å². The lowest BCUT2D eigenvalue weighted by molar-refractivity contribution is 0.447. The highest BCUT2D eigenvalue weighted by atomic mass is 16.3. The zero-order valence-corrected chi connectivity index (χ0v) is 5.10. The van der Waals surface area contributed by atoms with Crippen molar-refractivity contribution in [1.82, 2.24) is 14.4 Å². The van der Waals surface area contributed by atoms with E-state index in [1.54, 1.807) is 12.1 Å². The second kappa shape index (κ2) is 1.70. The number of aromatic nitrogens is 3. The molecule has 0 aromatic carbocycles. The quantitative estimate of drug-likeness (QED) is 0.570. The summed E-state index contributed by atoms with van der Waals surface area (Å²) in [6, 6.07) is 3.29. The average Bonchev–Trinajstić information content (AvgIpc) is 2.34. The van der Waals surface area contributed by atoms with Crippen molar-refractivity contribution in [3.05, 3.63) is 24.8 Å². The fourth-order valence-electron chi connectivity index (χ4n) is 0.840. The lowest BCUT2D eigenvalue weighted by Gasteiger charge is -1.90. The molecule has 0 atom stereocenters. The molecule has 2 aromatic heterocycles. The van der Waals surface area contributed by atoms with Gasteiger partial charge in [0.15, 0.2) is 5.88 Å². The molecule has 10 heavy (non-hydrogen) atoms. The van der Waals surface area contributed by atoms with E-state index in [1.807, 2.05) is 0 Å². The van der Waals surface area contributed by atoms with Crippen molar-refractivity contribution in [2.24, 2.45) is 0 Å². The van der Waals surface area contributed by atoms with Gasteiger partial charge in [-0.05, 0) is 6.07 Å². The van der Waals surface area contributed by atoms with Crippen molar-refractivity contribution in [3.8, 4) is 5.88 Å². The van der Waals surface area contributed by atoms with Crippen molar-refractivity contribution in [2.75, 3.05) is 0 Å². The van der Waals surface area contributed by atoms with Crippen LogP contribution in [-0.4, -0.2) is 19.5 Å². The van der Waals surface area contributed by atoms with Crippen LogP contribution in [0.3, 0.4) is 0 Å². The van der Waals surface area contributed by atoms with Crippen LogP contribution < -0.4 is 0 Å². The predicted octanol–water partition coefficient (Wildman–Crippen LogP) is 0.435. The normalized spacial score (nSPS) is 10.4. The van der Waals surface area contributed by atoms with Gasteiger partial charge in [-0.15, -0.1) is 0 Å². The molecule has 0 bridgehead atoms. The number of rotatable bonds is 0. The number of fused-ring (bicyclic) bond motifs is 1. The first kappa shape index (κ1) is 5.22. The molecule has 0 unspecified atom stereocenters. The maximum absolute atomic E-state index is 9.09. The summed E-state index contributed by atoms with van der Waals surface area (Å²) in [5.41, 5.74) is 0.701. The summed E-state index contributed by atoms with van der Waals surface area (Å²) >= 11 is 0. The summed E-state index contributed by atoms with van der Waals surface area (Å²) in [5, 5.41) is 9.09. The fourth-order valence-corrected chi connectivity index (χ4v) is 0.840. The molecule has 0 fully saturated rings. The van der Waals surface area contributed by atoms with Crippen LogP contribution in [-0.2, 0) is 0 Å². The molecule has 2 rings (SSSR count). The maximum Gasteiger partial charge on any atom is 0.198 e. The Balaban J connectivity index is 2.93. The van der Waals surface area contributed by atoms with Gasteiger partial charge in [-0.1, -0.05) is 0 Å². The first-order chi connectivity index (χ1) is 4.88. The van der Waals surface area contributed by atoms with Gasteiger partial charge in [0.05, 0.1) is 0 Å². The van der Waals surface area contributed by atoms with E-state index in [1.165, 1.54) is 17.1 Å². The molecule has 4 nitrogen and oxygen atoms in total. The second-order valence-electron chi connectivity index (χ2n) is 1.93. The summed E-state index contributed by atoms with van der Waals surface area (Å²) < 4.78 is 1.50. The zero-order valence-electron chi connectivity index (χ0n) is 5.10. The van der Waals surface area contributed by atoms with E-state index in [2.05, 4.69) is 9.97 Å². The molecule has 2 heterocycles. The molecule has 0 saturated carbocycles. The van der Waals surface area contributed by atoms with E-state index in [0.29, 0.717) is 5.65 Å². The van der Waals surface area contributed by atoms with Crippen LogP contribution in [0, 0.1) is 0 Å². The van der Waals surface area contributed by atoms with Crippen LogP contribution in [0.15, 0.2) is 24.8 Å². The van der Waals surface area contributed by atoms with Gasteiger partial charge in [0.25, 0.3) is 0 Å². The summed E-state index contributed by atoms with van der Waals surface area (Å²) in [4.78, 5) is 7.63. The van der Waals surface area contributed by atoms with Gasteiger partial charge >= 0.3 is 0 Å². The monoisotopic (exact) mass is 135 g/mol. The highest BCUT2D eigenvalue weighted by molar-refractivity contribution is 5.42. The SMILES string of the molecule is Oc1ccc2ncncn12. The van der Waals surface area contributed by atoms with Crippen LogP contribution in [0.1, 0.15) is 0 Å². The molecule has 0 spiro atoms. The van der Waals surface area contributed by atoms with Crippen molar-refractivity contribution < 1.29 is 5.11 Å². The maximum atomic E-state index is 9.09. The van der Waals surface area contributed by atoms with Crippen LogP contribution >= 0.6 is 0 Å². The Labute approximate surface area is 56.8 Å². The summed E-state index contributed by atoms with van der Waals surface area (Å²) in [6.45, 7) is 0. The van der Waals surface area contributed by atoms with Crippen LogP contribution in [0.25, 0.3) is 5.65 Å². The Kier molecular flexibility index (Phi) is 0.887. The van der Waals surface area contributed by atoms with E-state index >= 15 is 0 Å². The van der Waals surface area contributed by atoms with Crippen molar-refractivity contribution in [3.63, 3.8) is 0 Å². The van der Waals surface area contributed by atoms with E-state index in [9.17, 15) is 0 Å². The van der Waals surface area contributed by atoms with E-state index in [-0.39, 0.29) is 5.88 Å². The van der Waals surface area contributed by atoms with Gasteiger partial charge in [-0.25, -0.2) is 9.97 Å². The molecule has 1 N–H and O–H groups in total. The first-order valence-electron chi connectivity index (χ1n) is 2.84. The minimum Gasteiger partial charge on any atom is -0.494 e. The minimum atomic E-state index is 0.163. The lowest BCUT2D eigenvalue weighted by Crippen LogP contribution is -1.86. The van der Waals surface area contributed by atoms with Crippen LogP contribution in [0.5, 0.6) is 5.88 Å². The standard InChI is InChI=1S/C6H5N3O/c10-6-2-1-5-8-3-7-4-9(5)6/h1-4,10H. The molecule has 0 amide bonds. The minimum absolute atomic E-state index is 0.163. The van der Waals surface area contributed by atoms with Crippen molar-refractivity contribution in [2.45, 2.75) is 0 Å². The highest BCUT2D eigenvalue weighted by Gasteiger charge is 1.96. The molecule has 0 aliphatic rings. The Morgan fingerprint density at radius 1 is 1.40 bits per heavy atom. The topological polar surface area (TPSA) is 50.4 Å². The van der Waals surface area contributed by atoms with Gasteiger partial charge in [0, 0.05) is 6.07 Å². The highest BCUT2D eigenvalue weighted by Crippen LogP contribution is 2.10. The number of hydrogen-bond acceptors (Lipinski definition) is 3. The molecule has 50 valence electrons. The molecular weight excluding hydrogens is 130 g/mol. The fraction of sp³-hybridized carbons (Fsp3) is 0. The van der Waals surface area contributed by atoms with E-state index in [4.69, 9.17) is 5.11 Å². The molecule has 0 aliphatic carbocycles. The number of aromatic hydroxyl groups is 1. The molecular formula is C6H5N3O. The molecule has 0 aliphatic heterocycles. The summed E-state index contributed by atoms with van der Waals surface area (Å²) in [5.74, 6) is 0.163. The van der Waals surface area contributed by atoms with E-state index < -0.39 is 0 Å². The lowest BCUT2D eigenvalue weighted by atomic mass is 10.6. The van der Waals surface area contributed by atoms with Crippen molar-refractivity contribution in [1.29, 1.82) is 0 Å². The molecule has 4 heteroatoms. The first-order valence-corrected chi connectivity index (χ1v) is 2.84. The third-order valence-corrected chi connectivity index (χ3v) is 1.31. The Hall–Kier alpha value is -1.58. The predicted molar refractivity (Wildman–Crippen MR) is 34.7 cm³/mol. The largest absolute Gasteiger partial charge is 0.494 e. The molecule has 0 radical (unpaired) electrons. The Morgan fingerprint density at radius 3 is 3.10 bits per heavy atom. The molecule has 0 saturated heterocycles. The molecule has 2 aromatic rings. The second-order valence-corrected chi connectivity index (χ2v) is 1.93. The Morgan fingerprint density at radius 2 is 2.30 bits per heavy atom. The van der Waals surface area contributed by atoms with Gasteiger partial charge in [0.2, 0.25) is 0 Å². The average molecular weight is 135 g/mol. The number of hydrogen-bond donors (Lipinski definition) is 1. The van der Waals surface area contributed by atoms with Gasteiger partial charge in [-0.2, -0.15) is 0 Å². The van der Waals surface area contributed by atoms with Crippen molar-refractivity contribution >= 4 is 5.65 Å². The number of nitrogens with zero attached hydrogens (tertiary/aromatic N) is 3. The van der Waals surface area contributed by atoms with Gasteiger partial charge < -0.3 is 5.11 Å². The van der Waals surface area contributed by atoms with Crippen LogP contribution in [0.2, 0.25) is 0 Å². The zero-order chi connectivity index (χ0) is 6.97. The van der Waals surface area contributed by atoms with Gasteiger partial charge in [0.1, 0.15) is 18.3 Å². The third kappa shape index (κ3) is 0.556. The Bertz CT molecular complexity index is 355. The van der Waals surface area contributed by atoms with Crippen LogP contribution in [0.4, 0.5) is 0 Å². The summed E-state index contributed by atoms with van der Waals surface area (Å²) in [7, 11) is 0. The smallest absolute Gasteiger partial charge is 0.198 e. The summed E-state index contributed by atoms with van der Waals surface area (Å²) in [6.07, 6.45) is 2.95. The van der Waals surface area contributed by atoms with Gasteiger partial charge in [-0.3, -0.25) is 4.40 Å².